The lowest BCUT2D eigenvalue weighted by Gasteiger charge is -2.13. The van der Waals surface area contributed by atoms with Crippen LogP contribution in [0.5, 0.6) is 0 Å². The van der Waals surface area contributed by atoms with Crippen molar-refractivity contribution in [2.75, 3.05) is 6.61 Å². The first-order chi connectivity index (χ1) is 7.61. The van der Waals surface area contributed by atoms with Gasteiger partial charge in [-0.2, -0.15) is 0 Å². The summed E-state index contributed by atoms with van der Waals surface area (Å²) in [6, 6.07) is 0. The van der Waals surface area contributed by atoms with E-state index in [1.165, 1.54) is 10.9 Å². The van der Waals surface area contributed by atoms with Gasteiger partial charge in [0.1, 0.15) is 6.10 Å². The summed E-state index contributed by atoms with van der Waals surface area (Å²) in [4.78, 5) is 10.8. The molecule has 0 aromatic carbocycles. The number of hydrogen-bond acceptors (Lipinski definition) is 6. The van der Waals surface area contributed by atoms with Gasteiger partial charge in [-0.1, -0.05) is 5.21 Å². The van der Waals surface area contributed by atoms with Gasteiger partial charge in [-0.3, -0.25) is 4.79 Å². The number of nitrogens with two attached hydrogens (primary N) is 1. The number of aliphatic hydroxyl groups is 2. The molecule has 0 aliphatic carbocycles. The molecule has 1 aliphatic rings. The Hall–Kier alpha value is -1.51. The number of nitrogens with zero attached hydrogens (tertiary/aromatic N) is 3. The van der Waals surface area contributed by atoms with Crippen molar-refractivity contribution in [1.29, 1.82) is 0 Å². The van der Waals surface area contributed by atoms with E-state index in [9.17, 15) is 9.90 Å². The molecule has 1 aromatic heterocycles. The van der Waals surface area contributed by atoms with E-state index in [0.29, 0.717) is 6.42 Å². The number of aliphatic hydroxyl groups excluding tert-OH is 2. The van der Waals surface area contributed by atoms with Crippen molar-refractivity contribution in [2.45, 2.75) is 24.9 Å². The van der Waals surface area contributed by atoms with Crippen LogP contribution in [0.2, 0.25) is 0 Å². The molecule has 1 aromatic rings. The van der Waals surface area contributed by atoms with Gasteiger partial charge in [0.15, 0.2) is 11.9 Å². The Labute approximate surface area is 90.6 Å². The van der Waals surface area contributed by atoms with Crippen molar-refractivity contribution in [2.24, 2.45) is 5.73 Å². The summed E-state index contributed by atoms with van der Waals surface area (Å²) in [6.45, 7) is -0.176. The van der Waals surface area contributed by atoms with Gasteiger partial charge in [-0.05, 0) is 0 Å². The summed E-state index contributed by atoms with van der Waals surface area (Å²) < 4.78 is 6.53. The van der Waals surface area contributed by atoms with Crippen molar-refractivity contribution in [3.63, 3.8) is 0 Å². The molecule has 0 saturated carbocycles. The second kappa shape index (κ2) is 4.16. The standard InChI is InChI=1S/C8H12N4O4/c9-7(15)5-2-12(11-10-5)8-6(14)1-4(3-13)16-8/h2,4,6,8,13-14H,1,3H2,(H2,9,15)/t4-,6?,8?/m0/s1. The van der Waals surface area contributed by atoms with Gasteiger partial charge >= 0.3 is 0 Å². The number of ether oxygens (including phenoxy) is 1. The molecule has 3 atom stereocenters. The maximum absolute atomic E-state index is 10.8. The summed E-state index contributed by atoms with van der Waals surface area (Å²) in [5.41, 5.74) is 5.02. The first kappa shape index (κ1) is 11.0. The molecular formula is C8H12N4O4. The largest absolute Gasteiger partial charge is 0.394 e. The number of aromatic nitrogens is 3. The molecule has 2 heterocycles. The molecule has 1 fully saturated rings. The summed E-state index contributed by atoms with van der Waals surface area (Å²) in [6.07, 6.45) is -0.346. The third kappa shape index (κ3) is 1.90. The van der Waals surface area contributed by atoms with E-state index in [-0.39, 0.29) is 12.3 Å². The topological polar surface area (TPSA) is 123 Å². The van der Waals surface area contributed by atoms with Crippen LogP contribution in [-0.2, 0) is 4.74 Å². The zero-order chi connectivity index (χ0) is 11.7. The van der Waals surface area contributed by atoms with Crippen LogP contribution in [0.1, 0.15) is 23.1 Å². The lowest BCUT2D eigenvalue weighted by atomic mass is 10.2. The Morgan fingerprint density at radius 3 is 3.00 bits per heavy atom. The molecule has 4 N–H and O–H groups in total. The molecule has 1 saturated heterocycles. The molecule has 16 heavy (non-hydrogen) atoms. The van der Waals surface area contributed by atoms with Crippen LogP contribution in [-0.4, -0.2) is 49.9 Å². The number of amides is 1. The predicted octanol–water partition coefficient (Wildman–Crippen LogP) is -1.98. The molecule has 0 spiro atoms. The lowest BCUT2D eigenvalue weighted by Crippen LogP contribution is -2.20. The summed E-state index contributed by atoms with van der Waals surface area (Å²) in [5, 5.41) is 25.7. The fourth-order valence-corrected chi connectivity index (χ4v) is 1.60. The van der Waals surface area contributed by atoms with Gasteiger partial charge in [0, 0.05) is 6.42 Å². The lowest BCUT2D eigenvalue weighted by molar-refractivity contribution is -0.0578. The van der Waals surface area contributed by atoms with Crippen LogP contribution in [0, 0.1) is 0 Å². The Bertz CT molecular complexity index is 393. The molecule has 2 rings (SSSR count). The third-order valence-corrected chi connectivity index (χ3v) is 2.39. The van der Waals surface area contributed by atoms with E-state index in [2.05, 4.69) is 10.3 Å². The van der Waals surface area contributed by atoms with Crippen molar-refractivity contribution >= 4 is 5.91 Å². The van der Waals surface area contributed by atoms with Crippen molar-refractivity contribution < 1.29 is 19.7 Å². The number of carbonyl (C=O) groups is 1. The van der Waals surface area contributed by atoms with Crippen molar-refractivity contribution in [3.05, 3.63) is 11.9 Å². The zero-order valence-electron chi connectivity index (χ0n) is 8.35. The second-order valence-corrected chi connectivity index (χ2v) is 3.58. The Balaban J connectivity index is 2.15. The highest BCUT2D eigenvalue weighted by Crippen LogP contribution is 2.27. The van der Waals surface area contributed by atoms with Gasteiger partial charge in [0.2, 0.25) is 0 Å². The number of primary amides is 1. The quantitative estimate of drug-likeness (QED) is 0.550. The van der Waals surface area contributed by atoms with Gasteiger partial charge in [0.25, 0.3) is 5.91 Å². The monoisotopic (exact) mass is 228 g/mol. The second-order valence-electron chi connectivity index (χ2n) is 3.58. The highest BCUT2D eigenvalue weighted by Gasteiger charge is 2.35. The first-order valence-corrected chi connectivity index (χ1v) is 4.78. The third-order valence-electron chi connectivity index (χ3n) is 2.39. The molecule has 8 nitrogen and oxygen atoms in total. The smallest absolute Gasteiger partial charge is 0.270 e. The number of hydrogen-bond donors (Lipinski definition) is 3. The van der Waals surface area contributed by atoms with Gasteiger partial charge in [-0.25, -0.2) is 4.68 Å². The van der Waals surface area contributed by atoms with Crippen LogP contribution in [0.25, 0.3) is 0 Å². The molecule has 0 bridgehead atoms. The number of rotatable bonds is 3. The van der Waals surface area contributed by atoms with Crippen LogP contribution < -0.4 is 5.73 Å². The minimum absolute atomic E-state index is 0.00301. The van der Waals surface area contributed by atoms with Gasteiger partial charge < -0.3 is 20.7 Å². The summed E-state index contributed by atoms with van der Waals surface area (Å²) in [5.74, 6) is -0.697. The van der Waals surface area contributed by atoms with Gasteiger partial charge in [-0.15, -0.1) is 5.10 Å². The zero-order valence-corrected chi connectivity index (χ0v) is 8.35. The number of carbonyl (C=O) groups excluding carboxylic acids is 1. The normalized spacial score (nSPS) is 29.5. The fourth-order valence-electron chi connectivity index (χ4n) is 1.60. The fraction of sp³-hybridized carbons (Fsp3) is 0.625. The molecular weight excluding hydrogens is 216 g/mol. The van der Waals surface area contributed by atoms with E-state index in [1.54, 1.807) is 0 Å². The molecule has 2 unspecified atom stereocenters. The Morgan fingerprint density at radius 1 is 1.75 bits per heavy atom. The van der Waals surface area contributed by atoms with Crippen LogP contribution >= 0.6 is 0 Å². The summed E-state index contributed by atoms with van der Waals surface area (Å²) in [7, 11) is 0. The summed E-state index contributed by atoms with van der Waals surface area (Å²) >= 11 is 0. The average molecular weight is 228 g/mol. The van der Waals surface area contributed by atoms with Crippen LogP contribution in [0.4, 0.5) is 0 Å². The van der Waals surface area contributed by atoms with E-state index >= 15 is 0 Å². The van der Waals surface area contributed by atoms with E-state index in [0.717, 1.165) is 0 Å². The SMILES string of the molecule is NC(=O)c1cn(C2O[C@H](CO)CC2O)nn1. The minimum atomic E-state index is -0.792. The molecule has 1 amide bonds. The first-order valence-electron chi connectivity index (χ1n) is 4.78. The Kier molecular flexibility index (Phi) is 2.86. The average Bonchev–Trinajstić information content (AvgIpc) is 2.83. The molecule has 88 valence electrons. The maximum atomic E-state index is 10.8. The molecule has 1 aliphatic heterocycles. The van der Waals surface area contributed by atoms with Crippen molar-refractivity contribution in [3.8, 4) is 0 Å². The Morgan fingerprint density at radius 2 is 2.50 bits per heavy atom. The van der Waals surface area contributed by atoms with Gasteiger partial charge in [0.05, 0.1) is 18.9 Å². The highest BCUT2D eigenvalue weighted by molar-refractivity contribution is 5.90. The van der Waals surface area contributed by atoms with E-state index < -0.39 is 24.3 Å². The predicted molar refractivity (Wildman–Crippen MR) is 50.2 cm³/mol. The van der Waals surface area contributed by atoms with Crippen molar-refractivity contribution in [1.82, 2.24) is 15.0 Å². The molecule has 0 radical (unpaired) electrons. The van der Waals surface area contributed by atoms with Crippen LogP contribution in [0.15, 0.2) is 6.20 Å². The highest BCUT2D eigenvalue weighted by atomic mass is 16.5. The maximum Gasteiger partial charge on any atom is 0.270 e. The minimum Gasteiger partial charge on any atom is -0.394 e. The molecule has 8 heteroatoms. The van der Waals surface area contributed by atoms with Crippen LogP contribution in [0.3, 0.4) is 0 Å². The van der Waals surface area contributed by atoms with E-state index in [1.807, 2.05) is 0 Å². The van der Waals surface area contributed by atoms with E-state index in [4.69, 9.17) is 15.6 Å².